The summed E-state index contributed by atoms with van der Waals surface area (Å²) in [5.74, 6) is 0. The summed E-state index contributed by atoms with van der Waals surface area (Å²) in [6, 6.07) is 36.7. The molecule has 0 bridgehead atoms. The molecule has 0 aliphatic heterocycles. The Balaban J connectivity index is 1.00. The Morgan fingerprint density at radius 3 is 1.30 bits per heavy atom. The third-order valence-corrected chi connectivity index (χ3v) is 14.9. The molecule has 17 aromatic rings. The van der Waals surface area contributed by atoms with Crippen LogP contribution in [0.25, 0.3) is 175 Å². The first-order valence-electron chi connectivity index (χ1n) is 32.7. The van der Waals surface area contributed by atoms with Gasteiger partial charge in [0.1, 0.15) is 22.3 Å². The lowest BCUT2D eigenvalue weighted by atomic mass is 9.86. The molecule has 0 aliphatic carbocycles. The lowest BCUT2D eigenvalue weighted by Crippen LogP contribution is -1.91. The maximum absolute atomic E-state index is 9.95. The van der Waals surface area contributed by atoms with Crippen LogP contribution in [0.3, 0.4) is 0 Å². The molecule has 0 unspecified atom stereocenters. The summed E-state index contributed by atoms with van der Waals surface area (Å²) in [5.41, 5.74) is 6.85. The number of rotatable bonds is 5. The van der Waals surface area contributed by atoms with E-state index in [0.29, 0.717) is 60.7 Å². The Labute approximate surface area is 448 Å². The third-order valence-electron chi connectivity index (χ3n) is 14.9. The Morgan fingerprint density at radius 2 is 0.689 bits per heavy atom. The Bertz CT molecular complexity index is 6190. The number of fused-ring (bicyclic) bond motifs is 7. The second kappa shape index (κ2) is 14.9. The smallest absolute Gasteiger partial charge is 0.143 e. The second-order valence-corrected chi connectivity index (χ2v) is 18.9. The highest BCUT2D eigenvalue weighted by Crippen LogP contribution is 2.48. The van der Waals surface area contributed by atoms with Crippen molar-refractivity contribution in [3.8, 4) is 55.6 Å². The molecule has 2 heteroatoms. The van der Waals surface area contributed by atoms with E-state index in [1.807, 2.05) is 115 Å². The molecule has 0 fully saturated rings. The van der Waals surface area contributed by atoms with E-state index in [1.54, 1.807) is 6.07 Å². The van der Waals surface area contributed by atoms with E-state index in [1.165, 1.54) is 6.07 Å². The van der Waals surface area contributed by atoms with Crippen molar-refractivity contribution < 1.29 is 32.1 Å². The number of para-hydroxylation sites is 2. The molecule has 0 atom stereocenters. The van der Waals surface area contributed by atoms with Crippen LogP contribution in [0, 0.1) is 0 Å². The molecule has 0 spiro atoms. The second-order valence-electron chi connectivity index (χ2n) is 18.9. The van der Waals surface area contributed by atoms with E-state index >= 15 is 0 Å². The normalized spacial score (nSPS) is 15.5. The topological polar surface area (TPSA) is 26.3 Å². The Hall–Kier alpha value is -9.76. The highest BCUT2D eigenvalue weighted by atomic mass is 16.3. The summed E-state index contributed by atoms with van der Waals surface area (Å²) in [7, 11) is 0. The number of hydrogen-bond acceptors (Lipinski definition) is 2. The quantitative estimate of drug-likeness (QED) is 0.161. The van der Waals surface area contributed by atoms with Gasteiger partial charge in [0.2, 0.25) is 0 Å². The number of furan rings is 2. The summed E-state index contributed by atoms with van der Waals surface area (Å²) in [6.45, 7) is 0. The standard InChI is InChI=1S/C72H40O2/c1-2-16-53-41(10-1)11-9-19-54(53)52-35-48(50-37-61(71-63(39-50)57-17-3-5-20-65(57)73-71)55-30-26-46-24-22-42-12-7-14-44-28-32-59(55)69(46)67(42)44)34-49(36-52)51-38-62(72-64(40-51)58-18-4-6-21-66(58)74-72)56-31-27-47-25-23-43-13-8-15-45-29-33-60(56)70(47)68(43)45/h1-40H/i7D,8D,12D,13D,14D,15D,22D,23D,24D,25D,26D,27D,28D,29D,30D,32D,33D. The van der Waals surface area contributed by atoms with Crippen molar-refractivity contribution in [3.63, 3.8) is 0 Å². The van der Waals surface area contributed by atoms with Crippen LogP contribution in [0.4, 0.5) is 0 Å². The van der Waals surface area contributed by atoms with Crippen LogP contribution in [-0.2, 0) is 0 Å². The molecule has 340 valence electrons. The van der Waals surface area contributed by atoms with Gasteiger partial charge in [-0.3, -0.25) is 0 Å². The van der Waals surface area contributed by atoms with Crippen molar-refractivity contribution in [2.24, 2.45) is 0 Å². The van der Waals surface area contributed by atoms with Crippen molar-refractivity contribution in [1.82, 2.24) is 0 Å². The van der Waals surface area contributed by atoms with Gasteiger partial charge >= 0.3 is 0 Å². The third kappa shape index (κ3) is 5.65. The predicted molar refractivity (Wildman–Crippen MR) is 313 cm³/mol. The molecule has 0 radical (unpaired) electrons. The monoisotopic (exact) mass is 953 g/mol. The van der Waals surface area contributed by atoms with Crippen molar-refractivity contribution in [2.45, 2.75) is 0 Å². The van der Waals surface area contributed by atoms with Crippen LogP contribution in [0.5, 0.6) is 0 Å². The van der Waals surface area contributed by atoms with E-state index in [0.717, 1.165) is 27.3 Å². The van der Waals surface area contributed by atoms with Gasteiger partial charge in [-0.05, 0) is 175 Å². The minimum Gasteiger partial charge on any atom is -0.455 e. The first-order chi connectivity index (χ1) is 43.7. The van der Waals surface area contributed by atoms with E-state index in [2.05, 4.69) is 12.1 Å². The van der Waals surface area contributed by atoms with E-state index < -0.39 is 84.6 Å². The molecule has 15 aromatic carbocycles. The van der Waals surface area contributed by atoms with Gasteiger partial charge < -0.3 is 8.83 Å². The summed E-state index contributed by atoms with van der Waals surface area (Å²) >= 11 is 0. The molecular weight excluding hydrogens is 897 g/mol. The summed E-state index contributed by atoms with van der Waals surface area (Å²) in [4.78, 5) is 0. The van der Waals surface area contributed by atoms with Crippen LogP contribution in [0.1, 0.15) is 23.3 Å². The van der Waals surface area contributed by atoms with Crippen LogP contribution < -0.4 is 0 Å². The molecule has 0 aliphatic rings. The molecule has 2 aromatic heterocycles. The number of hydrogen-bond donors (Lipinski definition) is 0. The average molecular weight is 954 g/mol. The van der Waals surface area contributed by atoms with E-state index in [9.17, 15) is 12.3 Å². The molecule has 0 N–H and O–H groups in total. The lowest BCUT2D eigenvalue weighted by molar-refractivity contribution is 0.669. The van der Waals surface area contributed by atoms with Gasteiger partial charge in [-0.15, -0.1) is 0 Å². The predicted octanol–water partition coefficient (Wildman–Crippen LogP) is 20.8. The van der Waals surface area contributed by atoms with Crippen molar-refractivity contribution in [3.05, 3.63) is 242 Å². The highest BCUT2D eigenvalue weighted by Gasteiger charge is 2.23. The highest BCUT2D eigenvalue weighted by molar-refractivity contribution is 6.28. The Kier molecular flexibility index (Phi) is 5.47. The van der Waals surface area contributed by atoms with Crippen molar-refractivity contribution in [1.29, 1.82) is 0 Å². The minimum atomic E-state index is -0.570. The average Bonchev–Trinajstić information content (AvgIpc) is 1.00. The van der Waals surface area contributed by atoms with Gasteiger partial charge in [-0.2, -0.15) is 0 Å². The first kappa shape index (κ1) is 27.2. The van der Waals surface area contributed by atoms with Gasteiger partial charge in [0, 0.05) is 32.7 Å². The molecule has 0 saturated heterocycles. The van der Waals surface area contributed by atoms with Crippen molar-refractivity contribution >= 4 is 119 Å². The zero-order valence-electron chi connectivity index (χ0n) is 55.6. The maximum Gasteiger partial charge on any atom is 0.143 e. The maximum atomic E-state index is 9.95. The van der Waals surface area contributed by atoms with Gasteiger partial charge in [0.05, 0.1) is 23.3 Å². The molecule has 0 saturated carbocycles. The lowest BCUT2D eigenvalue weighted by Gasteiger charge is -2.17. The fourth-order valence-electron chi connectivity index (χ4n) is 11.6. The SMILES string of the molecule is [2H]c1c([2H])c2c([2H])c([2H])c3c([2H])cc(-c4cc(-c5cc(-c6cc(-c7c([2H])c([2H])c8c([2H])c([2H])c9c([2H])c([2H])c([2H])c%10c([2H])c([2H])c7c8c9%10)c7oc8ccccc8c7c6)cc(-c6cccc7ccccc67)c5)cc5c4oc4ccccc45)c4c([2H])c([2H])c(c1[2H])c2c34. The van der Waals surface area contributed by atoms with Crippen LogP contribution in [-0.4, -0.2) is 0 Å². The van der Waals surface area contributed by atoms with Gasteiger partial charge in [-0.1, -0.05) is 188 Å². The van der Waals surface area contributed by atoms with Gasteiger partial charge in [0.25, 0.3) is 0 Å². The zero-order chi connectivity index (χ0) is 63.0. The largest absolute Gasteiger partial charge is 0.455 e. The summed E-state index contributed by atoms with van der Waals surface area (Å²) in [5, 5.41) is 4.34. The van der Waals surface area contributed by atoms with Crippen LogP contribution >= 0.6 is 0 Å². The van der Waals surface area contributed by atoms with Crippen LogP contribution in [0.2, 0.25) is 0 Å². The molecular formula is C72H40O2. The fraction of sp³-hybridized carbons (Fsp3) is 0. The molecule has 17 rings (SSSR count). The van der Waals surface area contributed by atoms with Gasteiger partial charge in [-0.25, -0.2) is 0 Å². The van der Waals surface area contributed by atoms with E-state index in [4.69, 9.17) is 19.8 Å². The van der Waals surface area contributed by atoms with E-state index in [-0.39, 0.29) is 105 Å². The molecule has 74 heavy (non-hydrogen) atoms. The van der Waals surface area contributed by atoms with Gasteiger partial charge in [0.15, 0.2) is 0 Å². The first-order valence-corrected chi connectivity index (χ1v) is 24.2. The summed E-state index contributed by atoms with van der Waals surface area (Å²) < 4.78 is 172. The molecule has 2 nitrogen and oxygen atoms in total. The number of benzene rings is 15. The fourth-order valence-corrected chi connectivity index (χ4v) is 11.6. The van der Waals surface area contributed by atoms with Crippen molar-refractivity contribution in [2.75, 3.05) is 0 Å². The molecule has 2 heterocycles. The zero-order valence-corrected chi connectivity index (χ0v) is 38.6. The Morgan fingerprint density at radius 1 is 0.243 bits per heavy atom. The molecule has 0 amide bonds. The summed E-state index contributed by atoms with van der Waals surface area (Å²) in [6.07, 6.45) is 0. The minimum absolute atomic E-state index is 0.00462. The van der Waals surface area contributed by atoms with Crippen LogP contribution in [0.15, 0.2) is 251 Å².